The Hall–Kier alpha value is -3.60. The summed E-state index contributed by atoms with van der Waals surface area (Å²) in [5, 5.41) is 0. The summed E-state index contributed by atoms with van der Waals surface area (Å²) >= 11 is 0. The lowest BCUT2D eigenvalue weighted by molar-refractivity contribution is 0.415. The number of aliphatic imine (C=N–C) groups is 2. The van der Waals surface area contributed by atoms with Gasteiger partial charge in [0.15, 0.2) is 0 Å². The fourth-order valence-corrected chi connectivity index (χ4v) is 2.68. The summed E-state index contributed by atoms with van der Waals surface area (Å²) in [7, 11) is 1.66. The van der Waals surface area contributed by atoms with E-state index in [1.807, 2.05) is 62.4 Å². The second-order valence-corrected chi connectivity index (χ2v) is 6.14. The maximum absolute atomic E-state index is 5.25. The number of ether oxygens (including phenoxy) is 1. The highest BCUT2D eigenvalue weighted by atomic mass is 16.5. The zero-order valence-electron chi connectivity index (χ0n) is 16.2. The van der Waals surface area contributed by atoms with E-state index in [0.717, 1.165) is 39.7 Å². The zero-order valence-corrected chi connectivity index (χ0v) is 16.2. The Balaban J connectivity index is 2.03. The van der Waals surface area contributed by atoms with Gasteiger partial charge in [-0.05, 0) is 61.9 Å². The summed E-state index contributed by atoms with van der Waals surface area (Å²) in [4.78, 5) is 17.6. The number of hydrogen-bond acceptors (Lipinski definition) is 5. The van der Waals surface area contributed by atoms with Crippen LogP contribution in [0.2, 0.25) is 0 Å². The molecule has 0 aliphatic carbocycles. The fraction of sp³-hybridized carbons (Fsp3) is 0.130. The van der Waals surface area contributed by atoms with Crippen LogP contribution in [0.25, 0.3) is 6.08 Å². The van der Waals surface area contributed by atoms with Crippen LogP contribution in [0, 0.1) is 0 Å². The van der Waals surface area contributed by atoms with Gasteiger partial charge in [0.1, 0.15) is 5.75 Å². The molecule has 5 nitrogen and oxygen atoms in total. The van der Waals surface area contributed by atoms with Gasteiger partial charge in [-0.15, -0.1) is 0 Å². The lowest BCUT2D eigenvalue weighted by Crippen LogP contribution is -2.07. The molecular formula is C23H22N4O. The Bertz CT molecular complexity index is 934. The predicted molar refractivity (Wildman–Crippen MR) is 115 cm³/mol. The van der Waals surface area contributed by atoms with Crippen molar-refractivity contribution in [1.82, 2.24) is 9.97 Å². The van der Waals surface area contributed by atoms with Gasteiger partial charge in [0.05, 0.1) is 18.5 Å². The molecule has 0 spiro atoms. The van der Waals surface area contributed by atoms with Crippen LogP contribution in [0.4, 0.5) is 11.4 Å². The van der Waals surface area contributed by atoms with Crippen LogP contribution < -0.4 is 4.74 Å². The Morgan fingerprint density at radius 3 is 1.64 bits per heavy atom. The van der Waals surface area contributed by atoms with E-state index in [1.54, 1.807) is 31.9 Å². The number of pyridine rings is 2. The van der Waals surface area contributed by atoms with Crippen molar-refractivity contribution in [2.45, 2.75) is 13.8 Å². The van der Waals surface area contributed by atoms with Crippen molar-refractivity contribution in [3.8, 4) is 5.75 Å². The highest BCUT2D eigenvalue weighted by Crippen LogP contribution is 2.20. The summed E-state index contributed by atoms with van der Waals surface area (Å²) < 4.78 is 5.25. The largest absolute Gasteiger partial charge is 0.497 e. The van der Waals surface area contributed by atoms with E-state index in [2.05, 4.69) is 16.0 Å². The maximum Gasteiger partial charge on any atom is 0.118 e. The topological polar surface area (TPSA) is 59.7 Å². The van der Waals surface area contributed by atoms with Crippen LogP contribution in [0.1, 0.15) is 19.4 Å². The van der Waals surface area contributed by atoms with Gasteiger partial charge in [-0.2, -0.15) is 0 Å². The van der Waals surface area contributed by atoms with E-state index in [0.29, 0.717) is 0 Å². The van der Waals surface area contributed by atoms with Crippen LogP contribution in [0.3, 0.4) is 0 Å². The van der Waals surface area contributed by atoms with Crippen molar-refractivity contribution in [3.05, 3.63) is 84.5 Å². The van der Waals surface area contributed by atoms with Gasteiger partial charge in [-0.25, -0.2) is 0 Å². The Kier molecular flexibility index (Phi) is 6.41. The van der Waals surface area contributed by atoms with E-state index in [9.17, 15) is 0 Å². The van der Waals surface area contributed by atoms with E-state index in [-0.39, 0.29) is 0 Å². The van der Waals surface area contributed by atoms with Crippen LogP contribution in [0.15, 0.2) is 88.9 Å². The van der Waals surface area contributed by atoms with Crippen LogP contribution in [-0.2, 0) is 0 Å². The second-order valence-electron chi connectivity index (χ2n) is 6.14. The molecular weight excluding hydrogens is 348 g/mol. The Labute approximate surface area is 165 Å². The summed E-state index contributed by atoms with van der Waals surface area (Å²) in [6, 6.07) is 15.4. The molecule has 0 unspecified atom stereocenters. The van der Waals surface area contributed by atoms with Crippen molar-refractivity contribution in [2.75, 3.05) is 7.11 Å². The molecule has 0 radical (unpaired) electrons. The summed E-state index contributed by atoms with van der Waals surface area (Å²) in [6.07, 6.45) is 9.01. The molecule has 3 rings (SSSR count). The molecule has 140 valence electrons. The quantitative estimate of drug-likeness (QED) is 0.542. The van der Waals surface area contributed by atoms with Gasteiger partial charge >= 0.3 is 0 Å². The highest BCUT2D eigenvalue weighted by Gasteiger charge is 2.08. The number of nitrogens with zero attached hydrogens (tertiary/aromatic N) is 4. The number of allylic oxidation sites excluding steroid dienone is 1. The van der Waals surface area contributed by atoms with E-state index in [1.165, 1.54) is 0 Å². The predicted octanol–water partition coefficient (Wildman–Crippen LogP) is 5.45. The molecule has 0 N–H and O–H groups in total. The average molecular weight is 370 g/mol. The first-order valence-electron chi connectivity index (χ1n) is 8.93. The average Bonchev–Trinajstić information content (AvgIpc) is 2.73. The van der Waals surface area contributed by atoms with Gasteiger partial charge in [0.25, 0.3) is 0 Å². The van der Waals surface area contributed by atoms with E-state index in [4.69, 9.17) is 14.7 Å². The number of benzene rings is 1. The fourth-order valence-electron chi connectivity index (χ4n) is 2.68. The smallest absolute Gasteiger partial charge is 0.118 e. The molecule has 0 amide bonds. The molecule has 2 heterocycles. The van der Waals surface area contributed by atoms with Gasteiger partial charge < -0.3 is 4.74 Å². The molecule has 0 bridgehead atoms. The minimum Gasteiger partial charge on any atom is -0.497 e. The third-order valence-electron chi connectivity index (χ3n) is 4.13. The number of methoxy groups -OCH3 is 1. The van der Waals surface area contributed by atoms with Gasteiger partial charge in [0.2, 0.25) is 0 Å². The summed E-state index contributed by atoms with van der Waals surface area (Å²) in [5.74, 6) is 0.822. The molecule has 2 aromatic heterocycles. The molecule has 0 atom stereocenters. The van der Waals surface area contributed by atoms with Crippen molar-refractivity contribution in [3.63, 3.8) is 0 Å². The normalized spacial score (nSPS) is 11.8. The lowest BCUT2D eigenvalue weighted by atomic mass is 10.0. The van der Waals surface area contributed by atoms with Crippen LogP contribution in [0.5, 0.6) is 5.75 Å². The molecule has 28 heavy (non-hydrogen) atoms. The first-order valence-corrected chi connectivity index (χ1v) is 8.93. The molecule has 3 aromatic rings. The Morgan fingerprint density at radius 2 is 1.21 bits per heavy atom. The Morgan fingerprint density at radius 1 is 0.750 bits per heavy atom. The van der Waals surface area contributed by atoms with Gasteiger partial charge in [0, 0.05) is 41.8 Å². The minimum atomic E-state index is 0.822. The molecule has 0 saturated heterocycles. The lowest BCUT2D eigenvalue weighted by Gasteiger charge is -2.09. The second kappa shape index (κ2) is 9.37. The van der Waals surface area contributed by atoms with Crippen molar-refractivity contribution < 1.29 is 4.74 Å². The number of aromatic nitrogens is 2. The molecule has 5 heteroatoms. The van der Waals surface area contributed by atoms with Crippen molar-refractivity contribution in [1.29, 1.82) is 0 Å². The van der Waals surface area contributed by atoms with Crippen molar-refractivity contribution in [2.24, 2.45) is 9.98 Å². The monoisotopic (exact) mass is 370 g/mol. The zero-order chi connectivity index (χ0) is 19.8. The first-order chi connectivity index (χ1) is 13.7. The number of rotatable bonds is 6. The third-order valence-corrected chi connectivity index (χ3v) is 4.13. The van der Waals surface area contributed by atoms with Crippen LogP contribution >= 0.6 is 0 Å². The van der Waals surface area contributed by atoms with E-state index >= 15 is 0 Å². The van der Waals surface area contributed by atoms with E-state index < -0.39 is 0 Å². The minimum absolute atomic E-state index is 0.822. The molecule has 1 aromatic carbocycles. The van der Waals surface area contributed by atoms with Gasteiger partial charge in [-0.1, -0.05) is 12.1 Å². The highest BCUT2D eigenvalue weighted by molar-refractivity contribution is 6.26. The SMILES string of the molecule is COc1ccc(C=C(C(C)=Nc2ccncc2)C(C)=Nc2ccncc2)cc1. The van der Waals surface area contributed by atoms with Crippen molar-refractivity contribution >= 4 is 28.9 Å². The third kappa shape index (κ3) is 5.20. The van der Waals surface area contributed by atoms with Gasteiger partial charge in [-0.3, -0.25) is 20.0 Å². The number of hydrogen-bond donors (Lipinski definition) is 0. The molecule has 0 aliphatic rings. The van der Waals surface area contributed by atoms with Crippen LogP contribution in [-0.4, -0.2) is 28.5 Å². The molecule has 0 saturated carbocycles. The summed E-state index contributed by atoms with van der Waals surface area (Å²) in [5.41, 5.74) is 5.45. The first kappa shape index (κ1) is 19.2. The standard InChI is InChI=1S/C23H22N4O/c1-17(26-20-8-12-24-13-9-20)23(16-19-4-6-22(28-3)7-5-19)18(2)27-21-10-14-25-15-11-21/h4-16H,1-3H3. The molecule has 0 aliphatic heterocycles. The summed E-state index contributed by atoms with van der Waals surface area (Å²) in [6.45, 7) is 3.97. The molecule has 0 fully saturated rings. The maximum atomic E-state index is 5.25.